The van der Waals surface area contributed by atoms with E-state index < -0.39 is 11.6 Å². The highest BCUT2D eigenvalue weighted by molar-refractivity contribution is 6.31. The maximum absolute atomic E-state index is 14.4. The van der Waals surface area contributed by atoms with Crippen LogP contribution < -0.4 is 0 Å². The molecule has 2 heterocycles. The van der Waals surface area contributed by atoms with Crippen LogP contribution in [0.4, 0.5) is 8.78 Å². The van der Waals surface area contributed by atoms with Crippen molar-refractivity contribution in [3.05, 3.63) is 83.1 Å². The van der Waals surface area contributed by atoms with E-state index in [-0.39, 0.29) is 10.7 Å². The lowest BCUT2D eigenvalue weighted by molar-refractivity contribution is 0.630. The van der Waals surface area contributed by atoms with Gasteiger partial charge in [0.25, 0.3) is 0 Å². The van der Waals surface area contributed by atoms with Crippen LogP contribution in [0.3, 0.4) is 0 Å². The van der Waals surface area contributed by atoms with E-state index in [1.165, 1.54) is 18.3 Å². The molecule has 0 saturated carbocycles. The smallest absolute Gasteiger partial charge is 0.184 e. The SMILES string of the molecule is N#Cc1ccccc1-c1cc(-c2cnc3c(F)c(Cl)ccn23)ccc1F. The van der Waals surface area contributed by atoms with Gasteiger partial charge >= 0.3 is 0 Å². The molecule has 2 aromatic heterocycles. The van der Waals surface area contributed by atoms with Gasteiger partial charge in [-0.05, 0) is 30.3 Å². The highest BCUT2D eigenvalue weighted by atomic mass is 35.5. The van der Waals surface area contributed by atoms with E-state index in [0.717, 1.165) is 0 Å². The highest BCUT2D eigenvalue weighted by Crippen LogP contribution is 2.32. The number of benzene rings is 2. The second-order valence-corrected chi connectivity index (χ2v) is 6.07. The van der Waals surface area contributed by atoms with E-state index in [1.54, 1.807) is 47.0 Å². The number of nitriles is 1. The van der Waals surface area contributed by atoms with Gasteiger partial charge in [-0.2, -0.15) is 5.26 Å². The molecule has 2 aromatic carbocycles. The minimum atomic E-state index is -0.613. The lowest BCUT2D eigenvalue weighted by Gasteiger charge is -2.09. The van der Waals surface area contributed by atoms with Crippen LogP contribution in [0, 0.1) is 23.0 Å². The maximum Gasteiger partial charge on any atom is 0.184 e. The Balaban J connectivity index is 1.93. The van der Waals surface area contributed by atoms with Gasteiger partial charge < -0.3 is 0 Å². The number of aromatic nitrogens is 2. The van der Waals surface area contributed by atoms with Crippen molar-refractivity contribution in [1.29, 1.82) is 5.26 Å². The van der Waals surface area contributed by atoms with Crippen molar-refractivity contribution in [3.63, 3.8) is 0 Å². The van der Waals surface area contributed by atoms with E-state index in [9.17, 15) is 14.0 Å². The molecule has 0 amide bonds. The van der Waals surface area contributed by atoms with Crippen LogP contribution in [-0.4, -0.2) is 9.38 Å². The molecule has 0 bridgehead atoms. The number of halogens is 3. The van der Waals surface area contributed by atoms with Gasteiger partial charge in [-0.25, -0.2) is 13.8 Å². The summed E-state index contributed by atoms with van der Waals surface area (Å²) in [4.78, 5) is 4.07. The van der Waals surface area contributed by atoms with Gasteiger partial charge in [-0.15, -0.1) is 0 Å². The lowest BCUT2D eigenvalue weighted by atomic mass is 9.97. The summed E-state index contributed by atoms with van der Waals surface area (Å²) in [6.07, 6.45) is 3.11. The topological polar surface area (TPSA) is 41.1 Å². The minimum absolute atomic E-state index is 0.0163. The predicted octanol–water partition coefficient (Wildman–Crippen LogP) is 5.47. The van der Waals surface area contributed by atoms with Crippen LogP contribution in [0.25, 0.3) is 28.0 Å². The van der Waals surface area contributed by atoms with Crippen molar-refractivity contribution in [1.82, 2.24) is 9.38 Å². The Bertz CT molecular complexity index is 1190. The fraction of sp³-hybridized carbons (Fsp3) is 0. The third-order valence-corrected chi connectivity index (χ3v) is 4.46. The van der Waals surface area contributed by atoms with Crippen molar-refractivity contribution in [2.75, 3.05) is 0 Å². The van der Waals surface area contributed by atoms with Crippen LogP contribution in [-0.2, 0) is 0 Å². The molecule has 0 atom stereocenters. The van der Waals surface area contributed by atoms with Gasteiger partial charge in [0, 0.05) is 22.9 Å². The zero-order chi connectivity index (χ0) is 18.3. The van der Waals surface area contributed by atoms with E-state index in [2.05, 4.69) is 11.1 Å². The van der Waals surface area contributed by atoms with Gasteiger partial charge in [0.15, 0.2) is 11.5 Å². The number of nitrogens with zero attached hydrogens (tertiary/aromatic N) is 3. The first-order valence-electron chi connectivity index (χ1n) is 7.70. The van der Waals surface area contributed by atoms with Crippen molar-refractivity contribution >= 4 is 17.2 Å². The molecule has 126 valence electrons. The third kappa shape index (κ3) is 2.52. The molecular formula is C20H10ClF2N3. The van der Waals surface area contributed by atoms with Crippen molar-refractivity contribution in [2.45, 2.75) is 0 Å². The second-order valence-electron chi connectivity index (χ2n) is 5.67. The molecule has 0 aliphatic carbocycles. The van der Waals surface area contributed by atoms with Crippen molar-refractivity contribution in [2.24, 2.45) is 0 Å². The van der Waals surface area contributed by atoms with Gasteiger partial charge in [-0.1, -0.05) is 29.8 Å². The Hall–Kier alpha value is -3.23. The third-order valence-electron chi connectivity index (χ3n) is 4.17. The fourth-order valence-electron chi connectivity index (χ4n) is 2.91. The Morgan fingerprint density at radius 3 is 2.65 bits per heavy atom. The Labute approximate surface area is 152 Å². The Morgan fingerprint density at radius 1 is 1.04 bits per heavy atom. The van der Waals surface area contributed by atoms with Crippen LogP contribution in [0.1, 0.15) is 5.56 Å². The van der Waals surface area contributed by atoms with E-state index in [4.69, 9.17) is 11.6 Å². The zero-order valence-electron chi connectivity index (χ0n) is 13.2. The van der Waals surface area contributed by atoms with E-state index in [1.807, 2.05) is 0 Å². The van der Waals surface area contributed by atoms with Crippen LogP contribution in [0.15, 0.2) is 60.9 Å². The largest absolute Gasteiger partial charge is 0.297 e. The number of fused-ring (bicyclic) bond motifs is 1. The molecule has 3 nitrogen and oxygen atoms in total. The summed E-state index contributed by atoms with van der Waals surface area (Å²) < 4.78 is 30.1. The number of rotatable bonds is 2. The molecule has 26 heavy (non-hydrogen) atoms. The van der Waals surface area contributed by atoms with Crippen molar-refractivity contribution < 1.29 is 8.78 Å². The maximum atomic E-state index is 14.4. The van der Waals surface area contributed by atoms with E-state index >= 15 is 0 Å². The molecule has 0 aliphatic rings. The van der Waals surface area contributed by atoms with Crippen LogP contribution in [0.2, 0.25) is 5.02 Å². The molecule has 4 rings (SSSR count). The molecule has 0 unspecified atom stereocenters. The second kappa shape index (κ2) is 6.25. The molecular weight excluding hydrogens is 356 g/mol. The first-order valence-corrected chi connectivity index (χ1v) is 8.08. The molecule has 0 saturated heterocycles. The number of hydrogen-bond donors (Lipinski definition) is 0. The van der Waals surface area contributed by atoms with Gasteiger partial charge in [0.05, 0.1) is 28.5 Å². The summed E-state index contributed by atoms with van der Waals surface area (Å²) in [6.45, 7) is 0. The first-order chi connectivity index (χ1) is 12.6. The van der Waals surface area contributed by atoms with Gasteiger partial charge in [-0.3, -0.25) is 4.40 Å². The molecule has 4 aromatic rings. The summed E-state index contributed by atoms with van der Waals surface area (Å²) in [5.74, 6) is -1.06. The summed E-state index contributed by atoms with van der Waals surface area (Å²) in [6, 6.07) is 14.8. The van der Waals surface area contributed by atoms with Crippen LogP contribution >= 0.6 is 11.6 Å². The number of imidazole rings is 1. The normalized spacial score (nSPS) is 10.8. The summed E-state index contributed by atoms with van der Waals surface area (Å²) in [7, 11) is 0. The zero-order valence-corrected chi connectivity index (χ0v) is 14.0. The summed E-state index contributed by atoms with van der Waals surface area (Å²) in [5.41, 5.74) is 2.49. The number of pyridine rings is 1. The molecule has 6 heteroatoms. The average Bonchev–Trinajstić information content (AvgIpc) is 3.10. The van der Waals surface area contributed by atoms with Crippen molar-refractivity contribution in [3.8, 4) is 28.5 Å². The first kappa shape index (κ1) is 16.2. The summed E-state index contributed by atoms with van der Waals surface area (Å²) in [5, 5.41) is 9.26. The standard InChI is InChI=1S/C20H10ClF2N3/c21-16-7-8-26-18(11-25-20(26)19(16)23)12-5-6-17(22)15(9-12)14-4-2-1-3-13(14)10-24/h1-9,11H. The molecule has 0 radical (unpaired) electrons. The molecule has 0 spiro atoms. The Kier molecular flexibility index (Phi) is 3.90. The minimum Gasteiger partial charge on any atom is -0.297 e. The summed E-state index contributed by atoms with van der Waals surface area (Å²) >= 11 is 5.79. The van der Waals surface area contributed by atoms with Crippen LogP contribution in [0.5, 0.6) is 0 Å². The van der Waals surface area contributed by atoms with Gasteiger partial charge in [0.2, 0.25) is 0 Å². The predicted molar refractivity (Wildman–Crippen MR) is 95.7 cm³/mol. The molecule has 0 aliphatic heterocycles. The highest BCUT2D eigenvalue weighted by Gasteiger charge is 2.15. The monoisotopic (exact) mass is 365 g/mol. The van der Waals surface area contributed by atoms with E-state index in [0.29, 0.717) is 27.9 Å². The van der Waals surface area contributed by atoms with Gasteiger partial charge in [0.1, 0.15) is 5.82 Å². The number of hydrogen-bond acceptors (Lipinski definition) is 2. The molecule has 0 fully saturated rings. The lowest BCUT2D eigenvalue weighted by Crippen LogP contribution is -1.94. The fourth-order valence-corrected chi connectivity index (χ4v) is 3.06. The quantitative estimate of drug-likeness (QED) is 0.472. The Morgan fingerprint density at radius 2 is 1.85 bits per heavy atom. The molecule has 0 N–H and O–H groups in total. The average molecular weight is 366 g/mol.